The zero-order valence-corrected chi connectivity index (χ0v) is 13.3. The molecular weight excluding hydrogens is 288 g/mol. The lowest BCUT2D eigenvalue weighted by atomic mass is 10.1. The first kappa shape index (κ1) is 14.5. The summed E-state index contributed by atoms with van der Waals surface area (Å²) in [4.78, 5) is 0. The van der Waals surface area contributed by atoms with Crippen molar-refractivity contribution in [1.82, 2.24) is 0 Å². The van der Waals surface area contributed by atoms with E-state index < -0.39 is 0 Å². The minimum atomic E-state index is 0.609. The van der Waals surface area contributed by atoms with Gasteiger partial charge >= 0.3 is 0 Å². The first-order valence-electron chi connectivity index (χ1n) is 7.41. The lowest BCUT2D eigenvalue weighted by Gasteiger charge is -2.14. The first-order chi connectivity index (χ1) is 10.8. The molecule has 2 nitrogen and oxygen atoms in total. The van der Waals surface area contributed by atoms with Crippen molar-refractivity contribution in [3.05, 3.63) is 72.3 Å². The van der Waals surface area contributed by atoms with Crippen molar-refractivity contribution >= 4 is 39.5 Å². The number of para-hydroxylation sites is 1. The summed E-state index contributed by atoms with van der Waals surface area (Å²) >= 11 is 5.47. The largest absolute Gasteiger partial charge is 0.332 e. The third-order valence-electron chi connectivity index (χ3n) is 3.68. The molecule has 3 heteroatoms. The fraction of sp³-hybridized carbons (Fsp3) is 0.105. The summed E-state index contributed by atoms with van der Waals surface area (Å²) in [6.07, 6.45) is 0.972. The minimum Gasteiger partial charge on any atom is -0.332 e. The normalized spacial score (nSPS) is 10.4. The van der Waals surface area contributed by atoms with E-state index in [-0.39, 0.29) is 0 Å². The number of hydrogen-bond acceptors (Lipinski definition) is 1. The molecule has 0 bridgehead atoms. The predicted molar refractivity (Wildman–Crippen MR) is 99.6 cm³/mol. The molecule has 0 heterocycles. The molecule has 0 unspecified atom stereocenters. The van der Waals surface area contributed by atoms with E-state index in [1.165, 1.54) is 10.9 Å². The maximum Gasteiger partial charge on any atom is 0.175 e. The van der Waals surface area contributed by atoms with E-state index in [1.54, 1.807) is 0 Å². The molecule has 2 N–H and O–H groups in total. The Morgan fingerprint density at radius 1 is 0.818 bits per heavy atom. The van der Waals surface area contributed by atoms with E-state index in [9.17, 15) is 0 Å². The summed E-state index contributed by atoms with van der Waals surface area (Å²) in [5, 5.41) is 9.57. The predicted octanol–water partition coefficient (Wildman–Crippen LogP) is 5.21. The number of anilines is 2. The molecule has 0 atom stereocenters. The van der Waals surface area contributed by atoms with Gasteiger partial charge in [0.15, 0.2) is 5.11 Å². The highest BCUT2D eigenvalue weighted by atomic mass is 32.1. The monoisotopic (exact) mass is 306 g/mol. The van der Waals surface area contributed by atoms with E-state index in [1.807, 2.05) is 36.4 Å². The van der Waals surface area contributed by atoms with Crippen molar-refractivity contribution in [2.24, 2.45) is 0 Å². The Balaban J connectivity index is 1.82. The van der Waals surface area contributed by atoms with Gasteiger partial charge in [-0.15, -0.1) is 0 Å². The number of rotatable bonds is 3. The van der Waals surface area contributed by atoms with Gasteiger partial charge in [-0.3, -0.25) is 0 Å². The Bertz CT molecular complexity index is 806. The topological polar surface area (TPSA) is 24.1 Å². The summed E-state index contributed by atoms with van der Waals surface area (Å²) in [7, 11) is 0. The van der Waals surface area contributed by atoms with Gasteiger partial charge < -0.3 is 10.6 Å². The van der Waals surface area contributed by atoms with Crippen molar-refractivity contribution in [3.63, 3.8) is 0 Å². The van der Waals surface area contributed by atoms with Crippen LogP contribution in [0.1, 0.15) is 12.5 Å². The molecule has 0 spiro atoms. The Labute approximate surface area is 136 Å². The van der Waals surface area contributed by atoms with Crippen LogP contribution in [0.4, 0.5) is 11.4 Å². The molecule has 0 aliphatic carbocycles. The fourth-order valence-electron chi connectivity index (χ4n) is 2.56. The summed E-state index contributed by atoms with van der Waals surface area (Å²) in [6.45, 7) is 2.14. The average molecular weight is 306 g/mol. The Morgan fingerprint density at radius 2 is 1.45 bits per heavy atom. The van der Waals surface area contributed by atoms with Crippen LogP contribution < -0.4 is 10.6 Å². The first-order valence-corrected chi connectivity index (χ1v) is 7.82. The van der Waals surface area contributed by atoms with Gasteiger partial charge in [-0.25, -0.2) is 0 Å². The number of benzene rings is 3. The van der Waals surface area contributed by atoms with Gasteiger partial charge in [0.05, 0.1) is 0 Å². The smallest absolute Gasteiger partial charge is 0.175 e. The van der Waals surface area contributed by atoms with Gasteiger partial charge in [0.1, 0.15) is 0 Å². The van der Waals surface area contributed by atoms with Crippen molar-refractivity contribution in [3.8, 4) is 0 Å². The minimum absolute atomic E-state index is 0.609. The molecule has 0 fully saturated rings. The Hall–Kier alpha value is -2.39. The van der Waals surface area contributed by atoms with E-state index >= 15 is 0 Å². The molecule has 110 valence electrons. The SMILES string of the molecule is CCc1ccccc1NC(=S)Nc1cccc2ccccc12. The second-order valence-corrected chi connectivity index (χ2v) is 5.52. The highest BCUT2D eigenvalue weighted by molar-refractivity contribution is 7.80. The average Bonchev–Trinajstić information content (AvgIpc) is 2.55. The van der Waals surface area contributed by atoms with E-state index in [0.29, 0.717) is 5.11 Å². The quantitative estimate of drug-likeness (QED) is 0.649. The van der Waals surface area contributed by atoms with Crippen LogP contribution in [0.25, 0.3) is 10.8 Å². The number of thiocarbonyl (C=S) groups is 1. The van der Waals surface area contributed by atoms with Crippen LogP contribution in [0.5, 0.6) is 0 Å². The molecule has 3 aromatic rings. The van der Waals surface area contributed by atoms with Gasteiger partial charge in [0, 0.05) is 16.8 Å². The molecular formula is C19H18N2S. The number of hydrogen-bond donors (Lipinski definition) is 2. The highest BCUT2D eigenvalue weighted by Crippen LogP contribution is 2.23. The van der Waals surface area contributed by atoms with E-state index in [4.69, 9.17) is 12.2 Å². The maximum atomic E-state index is 5.47. The lowest BCUT2D eigenvalue weighted by molar-refractivity contribution is 1.14. The van der Waals surface area contributed by atoms with Crippen LogP contribution in [0.15, 0.2) is 66.7 Å². The highest BCUT2D eigenvalue weighted by Gasteiger charge is 2.05. The van der Waals surface area contributed by atoms with Gasteiger partial charge in [-0.1, -0.05) is 61.5 Å². The lowest BCUT2D eigenvalue weighted by Crippen LogP contribution is -2.20. The third kappa shape index (κ3) is 3.10. The van der Waals surface area contributed by atoms with Crippen LogP contribution in [-0.4, -0.2) is 5.11 Å². The van der Waals surface area contributed by atoms with Crippen molar-refractivity contribution in [2.75, 3.05) is 10.6 Å². The van der Waals surface area contributed by atoms with Crippen molar-refractivity contribution < 1.29 is 0 Å². The summed E-state index contributed by atoms with van der Waals surface area (Å²) in [6, 6.07) is 22.7. The van der Waals surface area contributed by atoms with E-state index in [2.05, 4.69) is 47.9 Å². The maximum absolute atomic E-state index is 5.47. The van der Waals surface area contributed by atoms with E-state index in [0.717, 1.165) is 23.2 Å². The summed E-state index contributed by atoms with van der Waals surface area (Å²) in [5.74, 6) is 0. The number of fused-ring (bicyclic) bond motifs is 1. The molecule has 0 aromatic heterocycles. The molecule has 0 amide bonds. The molecule has 0 saturated carbocycles. The van der Waals surface area contributed by atoms with Gasteiger partial charge in [-0.2, -0.15) is 0 Å². The molecule has 0 aliphatic heterocycles. The molecule has 0 radical (unpaired) electrons. The Kier molecular flexibility index (Phi) is 4.35. The molecule has 0 aliphatic rings. The van der Waals surface area contributed by atoms with Gasteiger partial charge in [0.2, 0.25) is 0 Å². The van der Waals surface area contributed by atoms with Crippen LogP contribution >= 0.6 is 12.2 Å². The summed E-state index contributed by atoms with van der Waals surface area (Å²) in [5.41, 5.74) is 3.33. The molecule has 3 rings (SSSR count). The van der Waals surface area contributed by atoms with Gasteiger partial charge in [-0.05, 0) is 41.7 Å². The van der Waals surface area contributed by atoms with Crippen LogP contribution in [-0.2, 0) is 6.42 Å². The molecule has 22 heavy (non-hydrogen) atoms. The zero-order valence-electron chi connectivity index (χ0n) is 12.5. The molecule has 3 aromatic carbocycles. The number of aryl methyl sites for hydroxylation is 1. The van der Waals surface area contributed by atoms with Crippen molar-refractivity contribution in [2.45, 2.75) is 13.3 Å². The summed E-state index contributed by atoms with van der Waals surface area (Å²) < 4.78 is 0. The second kappa shape index (κ2) is 6.58. The zero-order chi connectivity index (χ0) is 15.4. The number of nitrogens with one attached hydrogen (secondary N) is 2. The second-order valence-electron chi connectivity index (χ2n) is 5.12. The Morgan fingerprint density at radius 3 is 2.32 bits per heavy atom. The standard InChI is InChI=1S/C19H18N2S/c1-2-14-8-4-6-12-17(14)20-19(22)21-18-13-7-10-15-9-3-5-11-16(15)18/h3-13H,2H2,1H3,(H2,20,21,22). The van der Waals surface area contributed by atoms with Crippen LogP contribution in [0.3, 0.4) is 0 Å². The fourth-order valence-corrected chi connectivity index (χ4v) is 2.78. The van der Waals surface area contributed by atoms with Crippen LogP contribution in [0.2, 0.25) is 0 Å². The van der Waals surface area contributed by atoms with Crippen LogP contribution in [0, 0.1) is 0 Å². The van der Waals surface area contributed by atoms with Crippen molar-refractivity contribution in [1.29, 1.82) is 0 Å². The third-order valence-corrected chi connectivity index (χ3v) is 3.89. The van der Waals surface area contributed by atoms with Gasteiger partial charge in [0.25, 0.3) is 0 Å². The molecule has 0 saturated heterocycles.